The highest BCUT2D eigenvalue weighted by atomic mass is 16.7. The molecule has 0 bridgehead atoms. The van der Waals surface area contributed by atoms with Gasteiger partial charge in [-0.1, -0.05) is 5.98 Å². The van der Waals surface area contributed by atoms with Gasteiger partial charge in [-0.2, -0.15) is 0 Å². The molecule has 5 nitrogen and oxygen atoms in total. The van der Waals surface area contributed by atoms with E-state index in [1.54, 1.807) is 7.11 Å². The maximum atomic E-state index is 5.91. The summed E-state index contributed by atoms with van der Waals surface area (Å²) in [5, 5.41) is 3.03. The molecule has 21 heavy (non-hydrogen) atoms. The highest BCUT2D eigenvalue weighted by Crippen LogP contribution is 2.37. The van der Waals surface area contributed by atoms with Gasteiger partial charge in [-0.15, -0.1) is 0 Å². The van der Waals surface area contributed by atoms with Crippen LogP contribution in [0.25, 0.3) is 6.08 Å². The Morgan fingerprint density at radius 1 is 1.19 bits per heavy atom. The minimum atomic E-state index is -0.369. The molecule has 1 saturated heterocycles. The van der Waals surface area contributed by atoms with Crippen LogP contribution in [0.4, 0.5) is 5.69 Å². The van der Waals surface area contributed by atoms with Crippen molar-refractivity contribution in [3.05, 3.63) is 23.8 Å². The Kier molecular flexibility index (Phi) is 4.30. The molecule has 0 unspecified atom stereocenters. The monoisotopic (exact) mass is 290 g/mol. The van der Waals surface area contributed by atoms with Gasteiger partial charge in [0.05, 0.1) is 29.7 Å². The molecule has 114 valence electrons. The van der Waals surface area contributed by atoms with E-state index in [0.717, 1.165) is 11.4 Å². The summed E-state index contributed by atoms with van der Waals surface area (Å²) in [5.74, 6) is 2.44. The number of nitrogens with one attached hydrogen (secondary N) is 1. The van der Waals surface area contributed by atoms with Gasteiger partial charge in [-0.05, 0) is 45.9 Å². The number of nitrogens with zero attached hydrogens (tertiary/aromatic N) is 1. The van der Waals surface area contributed by atoms with Gasteiger partial charge >= 0.3 is 7.12 Å². The third-order valence-corrected chi connectivity index (χ3v) is 4.04. The molecule has 0 atom stereocenters. The predicted octanol–water partition coefficient (Wildman–Crippen LogP) is 2.78. The van der Waals surface area contributed by atoms with Gasteiger partial charge in [0.25, 0.3) is 0 Å². The van der Waals surface area contributed by atoms with Gasteiger partial charge in [0.2, 0.25) is 5.88 Å². The first-order valence-electron chi connectivity index (χ1n) is 7.06. The molecule has 0 radical (unpaired) electrons. The molecular formula is C15H23BN2O3. The Bertz CT molecular complexity index is 528. The van der Waals surface area contributed by atoms with E-state index < -0.39 is 0 Å². The summed E-state index contributed by atoms with van der Waals surface area (Å²) in [6.45, 7) is 8.13. The van der Waals surface area contributed by atoms with Crippen LogP contribution < -0.4 is 10.1 Å². The van der Waals surface area contributed by atoms with E-state index in [1.165, 1.54) is 0 Å². The Labute approximate surface area is 126 Å². The molecule has 1 N–H and O–H groups in total. The summed E-state index contributed by atoms with van der Waals surface area (Å²) >= 11 is 0. The van der Waals surface area contributed by atoms with Crippen molar-refractivity contribution in [1.29, 1.82) is 0 Å². The third kappa shape index (κ3) is 3.22. The number of anilines is 1. The van der Waals surface area contributed by atoms with Gasteiger partial charge in [0.15, 0.2) is 0 Å². The van der Waals surface area contributed by atoms with Gasteiger partial charge in [-0.3, -0.25) is 0 Å². The summed E-state index contributed by atoms with van der Waals surface area (Å²) in [4.78, 5) is 4.41. The van der Waals surface area contributed by atoms with Crippen LogP contribution in [0.1, 0.15) is 33.4 Å². The quantitative estimate of drug-likeness (QED) is 0.864. The van der Waals surface area contributed by atoms with Gasteiger partial charge < -0.3 is 19.4 Å². The minimum absolute atomic E-state index is 0.330. The fourth-order valence-electron chi connectivity index (χ4n) is 2.04. The first-order chi connectivity index (χ1) is 9.79. The summed E-state index contributed by atoms with van der Waals surface area (Å²) in [5.41, 5.74) is 0.984. The van der Waals surface area contributed by atoms with Gasteiger partial charge in [0.1, 0.15) is 0 Å². The van der Waals surface area contributed by atoms with Crippen molar-refractivity contribution in [2.24, 2.45) is 0 Å². The van der Waals surface area contributed by atoms with Crippen molar-refractivity contribution in [3.8, 4) is 5.88 Å². The fourth-order valence-corrected chi connectivity index (χ4v) is 2.04. The highest BCUT2D eigenvalue weighted by Gasteiger charge is 2.49. The highest BCUT2D eigenvalue weighted by molar-refractivity contribution is 6.52. The second-order valence-corrected chi connectivity index (χ2v) is 6.03. The molecule has 1 aliphatic heterocycles. The van der Waals surface area contributed by atoms with E-state index in [9.17, 15) is 0 Å². The summed E-state index contributed by atoms with van der Waals surface area (Å²) in [7, 11) is 3.07. The molecule has 0 amide bonds. The van der Waals surface area contributed by atoms with Crippen LogP contribution in [0.3, 0.4) is 0 Å². The van der Waals surface area contributed by atoms with Crippen molar-refractivity contribution < 1.29 is 14.0 Å². The number of aromatic nitrogens is 1. The third-order valence-electron chi connectivity index (χ3n) is 4.04. The zero-order valence-corrected chi connectivity index (χ0v) is 13.6. The summed E-state index contributed by atoms with van der Waals surface area (Å²) in [6.07, 6.45) is 1.88. The molecule has 6 heteroatoms. The van der Waals surface area contributed by atoms with Crippen LogP contribution in [0.15, 0.2) is 18.1 Å². The zero-order chi connectivity index (χ0) is 15.7. The lowest BCUT2D eigenvalue weighted by Crippen LogP contribution is -2.41. The minimum Gasteiger partial charge on any atom is -0.480 e. The average molecular weight is 290 g/mol. The predicted molar refractivity (Wildman–Crippen MR) is 85.5 cm³/mol. The number of pyridine rings is 1. The molecule has 2 rings (SSSR count). The van der Waals surface area contributed by atoms with Crippen LogP contribution in [-0.4, -0.2) is 37.5 Å². The molecule has 0 aromatic carbocycles. The molecule has 0 aliphatic carbocycles. The van der Waals surface area contributed by atoms with Crippen LogP contribution in [0.5, 0.6) is 5.88 Å². The Balaban J connectivity index is 2.12. The summed E-state index contributed by atoms with van der Waals surface area (Å²) < 4.78 is 17.1. The lowest BCUT2D eigenvalue weighted by molar-refractivity contribution is 0.00578. The van der Waals surface area contributed by atoms with Crippen molar-refractivity contribution in [3.63, 3.8) is 0 Å². The number of ether oxygens (including phenoxy) is 1. The van der Waals surface area contributed by atoms with Crippen LogP contribution in [0.2, 0.25) is 0 Å². The van der Waals surface area contributed by atoms with E-state index in [4.69, 9.17) is 14.0 Å². The number of hydrogen-bond acceptors (Lipinski definition) is 5. The van der Waals surface area contributed by atoms with Crippen molar-refractivity contribution in [2.75, 3.05) is 19.5 Å². The van der Waals surface area contributed by atoms with Crippen molar-refractivity contribution >= 4 is 18.9 Å². The SMILES string of the molecule is CNc1ccc(/C=C/B2OC(C)(C)C(C)(C)O2)nc1OC. The van der Waals surface area contributed by atoms with E-state index in [-0.39, 0.29) is 18.3 Å². The zero-order valence-electron chi connectivity index (χ0n) is 13.6. The number of methoxy groups -OCH3 is 1. The standard InChI is InChI=1S/C15H23BN2O3/c1-14(2)15(3,4)21-16(20-14)10-9-11-7-8-12(17-5)13(18-11)19-6/h7-10,17H,1-6H3/b10-9+. The van der Waals surface area contributed by atoms with Gasteiger partial charge in [-0.25, -0.2) is 4.98 Å². The number of hydrogen-bond donors (Lipinski definition) is 1. The largest absolute Gasteiger partial charge is 0.487 e. The molecule has 0 saturated carbocycles. The van der Waals surface area contributed by atoms with E-state index in [1.807, 2.05) is 58.9 Å². The lowest BCUT2D eigenvalue weighted by atomic mass is 9.89. The molecule has 1 aliphatic rings. The van der Waals surface area contributed by atoms with Crippen molar-refractivity contribution in [1.82, 2.24) is 4.98 Å². The maximum Gasteiger partial charge on any atom is 0.487 e. The van der Waals surface area contributed by atoms with E-state index in [0.29, 0.717) is 5.88 Å². The van der Waals surface area contributed by atoms with E-state index in [2.05, 4.69) is 10.3 Å². The van der Waals surface area contributed by atoms with Crippen LogP contribution in [0, 0.1) is 0 Å². The summed E-state index contributed by atoms with van der Waals surface area (Å²) in [6, 6.07) is 3.84. The fraction of sp³-hybridized carbons (Fsp3) is 0.533. The lowest BCUT2D eigenvalue weighted by Gasteiger charge is -2.32. The molecular weight excluding hydrogens is 267 g/mol. The average Bonchev–Trinajstić information content (AvgIpc) is 2.64. The van der Waals surface area contributed by atoms with Crippen LogP contribution in [-0.2, 0) is 9.31 Å². The Hall–Kier alpha value is -1.53. The normalized spacial score (nSPS) is 20.0. The first kappa shape index (κ1) is 15.9. The number of rotatable bonds is 4. The van der Waals surface area contributed by atoms with Crippen LogP contribution >= 0.6 is 0 Å². The first-order valence-corrected chi connectivity index (χ1v) is 7.06. The molecule has 0 spiro atoms. The Morgan fingerprint density at radius 3 is 2.33 bits per heavy atom. The molecule has 1 aromatic heterocycles. The smallest absolute Gasteiger partial charge is 0.480 e. The second-order valence-electron chi connectivity index (χ2n) is 6.03. The maximum absolute atomic E-state index is 5.91. The molecule has 1 aromatic rings. The van der Waals surface area contributed by atoms with E-state index >= 15 is 0 Å². The second kappa shape index (κ2) is 5.69. The Morgan fingerprint density at radius 2 is 1.81 bits per heavy atom. The molecule has 1 fully saturated rings. The topological polar surface area (TPSA) is 52.6 Å². The van der Waals surface area contributed by atoms with Crippen molar-refractivity contribution in [2.45, 2.75) is 38.9 Å². The van der Waals surface area contributed by atoms with Gasteiger partial charge in [0, 0.05) is 7.05 Å². The molecule has 2 heterocycles.